The van der Waals surface area contributed by atoms with E-state index in [2.05, 4.69) is 5.32 Å². The molecule has 2 aliphatic rings. The van der Waals surface area contributed by atoms with Gasteiger partial charge in [0.2, 0.25) is 11.8 Å². The zero-order chi connectivity index (χ0) is 35.0. The Bertz CT molecular complexity index is 1380. The van der Waals surface area contributed by atoms with Gasteiger partial charge in [0, 0.05) is 31.8 Å². The third kappa shape index (κ3) is 9.32. The van der Waals surface area contributed by atoms with Gasteiger partial charge in [0.15, 0.2) is 5.78 Å². The van der Waals surface area contributed by atoms with Gasteiger partial charge in [-0.1, -0.05) is 79.9 Å². The minimum atomic E-state index is -0.876. The highest BCUT2D eigenvalue weighted by Crippen LogP contribution is 2.36. The lowest BCUT2D eigenvalue weighted by Gasteiger charge is -2.36. The van der Waals surface area contributed by atoms with Crippen molar-refractivity contribution in [1.29, 1.82) is 0 Å². The summed E-state index contributed by atoms with van der Waals surface area (Å²) >= 11 is 0. The van der Waals surface area contributed by atoms with E-state index in [1.807, 2.05) is 60.7 Å². The number of amides is 3. The number of carbonyl (C=O) groups is 5. The van der Waals surface area contributed by atoms with Gasteiger partial charge in [0.25, 0.3) is 0 Å². The Morgan fingerprint density at radius 2 is 1.44 bits per heavy atom. The first-order valence-electron chi connectivity index (χ1n) is 17.5. The zero-order valence-corrected chi connectivity index (χ0v) is 29.4. The number of nitrogens with zero attached hydrogens (tertiary/aromatic N) is 2. The average molecular weight is 660 g/mol. The monoisotopic (exact) mass is 659 g/mol. The number of ether oxygens (including phenoxy) is 1. The van der Waals surface area contributed by atoms with Crippen molar-refractivity contribution < 1.29 is 28.7 Å². The summed E-state index contributed by atoms with van der Waals surface area (Å²) in [6, 6.07) is 17.2. The number of likely N-dealkylation sites (N-methyl/N-ethyl adjacent to an activating group) is 1. The SMILES string of the molecule is CC(=O)[C@@H](CC(=O)[C@@H]1CCCN1C(=O)[C@@H](NC(=O)[C@H](C)N(C)C(=O)OC(C)(C)C)C1CCCCC1)C(c1ccccc1)c1ccccc1. The molecule has 1 saturated carbocycles. The number of hydrogen-bond donors (Lipinski definition) is 1. The molecule has 1 N–H and O–H groups in total. The van der Waals surface area contributed by atoms with E-state index in [1.165, 1.54) is 11.9 Å². The quantitative estimate of drug-likeness (QED) is 0.287. The van der Waals surface area contributed by atoms with E-state index in [0.717, 1.165) is 43.2 Å². The molecule has 0 bridgehead atoms. The molecule has 1 aliphatic heterocycles. The van der Waals surface area contributed by atoms with E-state index < -0.39 is 41.6 Å². The molecular formula is C39H53N3O6. The summed E-state index contributed by atoms with van der Waals surface area (Å²) in [6.45, 7) is 8.85. The molecule has 4 rings (SSSR count). The molecule has 9 nitrogen and oxygen atoms in total. The first-order valence-corrected chi connectivity index (χ1v) is 17.5. The Balaban J connectivity index is 1.55. The van der Waals surface area contributed by atoms with Crippen LogP contribution in [0.3, 0.4) is 0 Å². The van der Waals surface area contributed by atoms with Gasteiger partial charge in [-0.3, -0.25) is 24.1 Å². The predicted molar refractivity (Wildman–Crippen MR) is 185 cm³/mol. The smallest absolute Gasteiger partial charge is 0.410 e. The Kier molecular flexibility index (Phi) is 12.6. The summed E-state index contributed by atoms with van der Waals surface area (Å²) in [5, 5.41) is 3.00. The van der Waals surface area contributed by atoms with Crippen LogP contribution in [0.15, 0.2) is 60.7 Å². The van der Waals surface area contributed by atoms with Crippen molar-refractivity contribution in [2.75, 3.05) is 13.6 Å². The van der Waals surface area contributed by atoms with Crippen molar-refractivity contribution in [2.24, 2.45) is 11.8 Å². The van der Waals surface area contributed by atoms with Crippen molar-refractivity contribution in [3.05, 3.63) is 71.8 Å². The fourth-order valence-electron chi connectivity index (χ4n) is 7.16. The maximum absolute atomic E-state index is 14.4. The van der Waals surface area contributed by atoms with E-state index in [-0.39, 0.29) is 35.7 Å². The van der Waals surface area contributed by atoms with Crippen molar-refractivity contribution in [3.8, 4) is 0 Å². The van der Waals surface area contributed by atoms with E-state index >= 15 is 0 Å². The van der Waals surface area contributed by atoms with Crippen LogP contribution in [0.25, 0.3) is 0 Å². The third-order valence-corrected chi connectivity index (χ3v) is 9.90. The molecule has 4 atom stereocenters. The summed E-state index contributed by atoms with van der Waals surface area (Å²) in [4.78, 5) is 71.0. The lowest BCUT2D eigenvalue weighted by molar-refractivity contribution is -0.143. The number of ketones is 2. The molecule has 260 valence electrons. The first kappa shape index (κ1) is 36.8. The topological polar surface area (TPSA) is 113 Å². The second kappa shape index (κ2) is 16.4. The van der Waals surface area contributed by atoms with Crippen LogP contribution in [0.4, 0.5) is 4.79 Å². The fraction of sp³-hybridized carbons (Fsp3) is 0.564. The summed E-state index contributed by atoms with van der Waals surface area (Å²) in [7, 11) is 1.51. The Labute approximate surface area is 285 Å². The maximum atomic E-state index is 14.4. The van der Waals surface area contributed by atoms with Crippen LogP contribution in [-0.4, -0.2) is 76.6 Å². The molecule has 0 spiro atoms. The highest BCUT2D eigenvalue weighted by atomic mass is 16.6. The lowest BCUT2D eigenvalue weighted by atomic mass is 9.76. The number of likely N-dealkylation sites (tertiary alicyclic amines) is 1. The highest BCUT2D eigenvalue weighted by Gasteiger charge is 2.43. The van der Waals surface area contributed by atoms with Gasteiger partial charge in [0.1, 0.15) is 23.5 Å². The van der Waals surface area contributed by atoms with E-state index in [1.54, 1.807) is 39.5 Å². The molecular weight excluding hydrogens is 606 g/mol. The number of rotatable bonds is 12. The molecule has 0 aromatic heterocycles. The van der Waals surface area contributed by atoms with Crippen molar-refractivity contribution >= 4 is 29.5 Å². The van der Waals surface area contributed by atoms with Crippen LogP contribution in [0, 0.1) is 11.8 Å². The van der Waals surface area contributed by atoms with Crippen LogP contribution in [0.5, 0.6) is 0 Å². The van der Waals surface area contributed by atoms with Crippen LogP contribution < -0.4 is 5.32 Å². The van der Waals surface area contributed by atoms with Crippen LogP contribution in [0.1, 0.15) is 103 Å². The van der Waals surface area contributed by atoms with Gasteiger partial charge in [0.05, 0.1) is 6.04 Å². The van der Waals surface area contributed by atoms with Crippen LogP contribution in [-0.2, 0) is 23.9 Å². The van der Waals surface area contributed by atoms with Crippen LogP contribution in [0.2, 0.25) is 0 Å². The highest BCUT2D eigenvalue weighted by molar-refractivity contribution is 5.96. The number of nitrogens with one attached hydrogen (secondary N) is 1. The van der Waals surface area contributed by atoms with E-state index in [9.17, 15) is 24.0 Å². The second-order valence-electron chi connectivity index (χ2n) is 14.5. The first-order chi connectivity index (χ1) is 22.8. The molecule has 9 heteroatoms. The minimum Gasteiger partial charge on any atom is -0.444 e. The molecule has 1 saturated heterocycles. The standard InChI is InChI=1S/C39H53N3O6/c1-26(41(6)38(47)48-39(3,4)5)36(45)40-35(30-21-14-9-15-22-30)37(46)42-24-16-23-32(42)33(44)25-31(27(2)43)34(28-17-10-7-11-18-28)29-19-12-8-13-20-29/h7-8,10-13,17-20,26,30-32,34-35H,9,14-16,21-25H2,1-6H3,(H,40,45)/t26-,31+,32-,35-/m0/s1. The molecule has 0 radical (unpaired) electrons. The van der Waals surface area contributed by atoms with E-state index in [0.29, 0.717) is 19.4 Å². The number of hydrogen-bond acceptors (Lipinski definition) is 6. The van der Waals surface area contributed by atoms with Gasteiger partial charge in [-0.15, -0.1) is 0 Å². The molecule has 2 aromatic rings. The second-order valence-corrected chi connectivity index (χ2v) is 14.5. The minimum absolute atomic E-state index is 0.0103. The third-order valence-electron chi connectivity index (χ3n) is 9.90. The maximum Gasteiger partial charge on any atom is 0.410 e. The van der Waals surface area contributed by atoms with Gasteiger partial charge >= 0.3 is 6.09 Å². The van der Waals surface area contributed by atoms with Crippen molar-refractivity contribution in [1.82, 2.24) is 15.1 Å². The average Bonchev–Trinajstić information content (AvgIpc) is 3.57. The summed E-state index contributed by atoms with van der Waals surface area (Å²) in [5.41, 5.74) is 1.20. The summed E-state index contributed by atoms with van der Waals surface area (Å²) < 4.78 is 5.45. The fourth-order valence-corrected chi connectivity index (χ4v) is 7.16. The lowest BCUT2D eigenvalue weighted by Crippen LogP contribution is -2.58. The molecule has 3 amide bonds. The molecule has 0 unspecified atom stereocenters. The molecule has 2 aromatic carbocycles. The molecule has 1 aliphatic carbocycles. The van der Waals surface area contributed by atoms with E-state index in [4.69, 9.17) is 4.74 Å². The van der Waals surface area contributed by atoms with Gasteiger partial charge in [-0.25, -0.2) is 4.79 Å². The molecule has 2 fully saturated rings. The van der Waals surface area contributed by atoms with Crippen molar-refractivity contribution in [2.45, 2.75) is 116 Å². The Morgan fingerprint density at radius 1 is 0.875 bits per heavy atom. The van der Waals surface area contributed by atoms with Gasteiger partial charge in [-0.2, -0.15) is 0 Å². The largest absolute Gasteiger partial charge is 0.444 e. The normalized spacial score (nSPS) is 18.9. The zero-order valence-electron chi connectivity index (χ0n) is 29.4. The summed E-state index contributed by atoms with van der Waals surface area (Å²) in [5.74, 6) is -1.90. The predicted octanol–water partition coefficient (Wildman–Crippen LogP) is 6.29. The number of benzene rings is 2. The Hall–Kier alpha value is -4.01. The number of Topliss-reactive ketones (excluding diaryl/α,β-unsaturated/α-hetero) is 2. The van der Waals surface area contributed by atoms with Crippen molar-refractivity contribution in [3.63, 3.8) is 0 Å². The Morgan fingerprint density at radius 3 is 1.96 bits per heavy atom. The number of carbonyl (C=O) groups excluding carboxylic acids is 5. The molecule has 1 heterocycles. The van der Waals surface area contributed by atoms with Crippen LogP contribution >= 0.6 is 0 Å². The molecule has 48 heavy (non-hydrogen) atoms. The van der Waals surface area contributed by atoms with Gasteiger partial charge in [-0.05, 0) is 77.3 Å². The summed E-state index contributed by atoms with van der Waals surface area (Å²) in [6.07, 6.45) is 5.14. The van der Waals surface area contributed by atoms with Gasteiger partial charge < -0.3 is 15.0 Å².